The number of rotatable bonds is 5. The van der Waals surface area contributed by atoms with Crippen LogP contribution in [-0.4, -0.2) is 29.9 Å². The van der Waals surface area contributed by atoms with E-state index < -0.39 is 5.97 Å². The van der Waals surface area contributed by atoms with Gasteiger partial charge in [-0.3, -0.25) is 9.69 Å². The Labute approximate surface area is 167 Å². The molecule has 2 aromatic carbocycles. The summed E-state index contributed by atoms with van der Waals surface area (Å²) in [6.45, 7) is 2.50. The molecule has 0 N–H and O–H groups in total. The molecule has 1 heterocycles. The Balaban J connectivity index is 1.80. The van der Waals surface area contributed by atoms with Crippen molar-refractivity contribution in [2.24, 2.45) is 0 Å². The normalized spacial score (nSPS) is 15.3. The van der Waals surface area contributed by atoms with Crippen LogP contribution in [0.5, 0.6) is 5.75 Å². The third-order valence-electron chi connectivity index (χ3n) is 3.83. The predicted molar refractivity (Wildman–Crippen MR) is 111 cm³/mol. The molecule has 0 radical (unpaired) electrons. The molecule has 1 aliphatic heterocycles. The standard InChI is InChI=1S/C20H17NO4S2/c1-3-25-16-10-8-15(9-11-16)21-18(22)17(27-20(21)26)12-13-4-6-14(7-5-13)19(23)24-2/h4-12H,3H2,1-2H3/b17-12-. The number of methoxy groups -OCH3 is 1. The van der Waals surface area contributed by atoms with Crippen molar-refractivity contribution in [1.82, 2.24) is 0 Å². The molecule has 0 aromatic heterocycles. The number of amides is 1. The molecule has 27 heavy (non-hydrogen) atoms. The van der Waals surface area contributed by atoms with Crippen LogP contribution in [0, 0.1) is 0 Å². The van der Waals surface area contributed by atoms with E-state index in [2.05, 4.69) is 4.74 Å². The molecule has 1 fully saturated rings. The average molecular weight is 399 g/mol. The lowest BCUT2D eigenvalue weighted by Crippen LogP contribution is -2.27. The zero-order valence-corrected chi connectivity index (χ0v) is 16.4. The predicted octanol–water partition coefficient (Wildman–Crippen LogP) is 4.28. The summed E-state index contributed by atoms with van der Waals surface area (Å²) in [4.78, 5) is 26.3. The Kier molecular flexibility index (Phi) is 5.93. The Bertz CT molecular complexity index is 905. The van der Waals surface area contributed by atoms with Crippen molar-refractivity contribution in [3.8, 4) is 5.75 Å². The monoisotopic (exact) mass is 399 g/mol. The van der Waals surface area contributed by atoms with Crippen LogP contribution in [0.2, 0.25) is 0 Å². The summed E-state index contributed by atoms with van der Waals surface area (Å²) in [5.41, 5.74) is 1.96. The fraction of sp³-hybridized carbons (Fsp3) is 0.150. The summed E-state index contributed by atoms with van der Waals surface area (Å²) in [5.74, 6) is 0.169. The summed E-state index contributed by atoms with van der Waals surface area (Å²) in [6, 6.07) is 14.1. The van der Waals surface area contributed by atoms with Gasteiger partial charge in [0.15, 0.2) is 4.32 Å². The number of ether oxygens (including phenoxy) is 2. The lowest BCUT2D eigenvalue weighted by atomic mass is 10.1. The first-order valence-electron chi connectivity index (χ1n) is 8.22. The van der Waals surface area contributed by atoms with Gasteiger partial charge in [-0.25, -0.2) is 4.79 Å². The van der Waals surface area contributed by atoms with Crippen molar-refractivity contribution in [3.05, 3.63) is 64.6 Å². The maximum Gasteiger partial charge on any atom is 0.337 e. The molecule has 1 saturated heterocycles. The Hall–Kier alpha value is -2.64. The second-order valence-electron chi connectivity index (χ2n) is 5.56. The summed E-state index contributed by atoms with van der Waals surface area (Å²) >= 11 is 6.63. The number of thioether (sulfide) groups is 1. The minimum absolute atomic E-state index is 0.175. The minimum atomic E-state index is -0.400. The second-order valence-corrected chi connectivity index (χ2v) is 7.23. The van der Waals surface area contributed by atoms with Crippen LogP contribution in [0.4, 0.5) is 5.69 Å². The van der Waals surface area contributed by atoms with Gasteiger partial charge in [-0.1, -0.05) is 36.1 Å². The van der Waals surface area contributed by atoms with Crippen molar-refractivity contribution in [2.45, 2.75) is 6.92 Å². The van der Waals surface area contributed by atoms with E-state index in [4.69, 9.17) is 17.0 Å². The van der Waals surface area contributed by atoms with Gasteiger partial charge < -0.3 is 9.47 Å². The second kappa shape index (κ2) is 8.37. The lowest BCUT2D eigenvalue weighted by molar-refractivity contribution is -0.113. The first kappa shape index (κ1) is 19.1. The summed E-state index contributed by atoms with van der Waals surface area (Å²) in [7, 11) is 1.34. The number of anilines is 1. The molecule has 5 nitrogen and oxygen atoms in total. The highest BCUT2D eigenvalue weighted by Crippen LogP contribution is 2.36. The van der Waals surface area contributed by atoms with Crippen LogP contribution in [-0.2, 0) is 9.53 Å². The molecule has 0 aliphatic carbocycles. The molecule has 1 aliphatic rings. The van der Waals surface area contributed by atoms with E-state index in [-0.39, 0.29) is 5.91 Å². The highest BCUT2D eigenvalue weighted by molar-refractivity contribution is 8.27. The van der Waals surface area contributed by atoms with Gasteiger partial charge in [-0.15, -0.1) is 0 Å². The van der Waals surface area contributed by atoms with E-state index in [1.54, 1.807) is 30.3 Å². The van der Waals surface area contributed by atoms with Crippen LogP contribution in [0.15, 0.2) is 53.4 Å². The van der Waals surface area contributed by atoms with Gasteiger partial charge in [0, 0.05) is 0 Å². The molecule has 0 saturated carbocycles. The van der Waals surface area contributed by atoms with Gasteiger partial charge in [0.25, 0.3) is 5.91 Å². The highest BCUT2D eigenvalue weighted by Gasteiger charge is 2.33. The van der Waals surface area contributed by atoms with E-state index in [1.807, 2.05) is 31.2 Å². The lowest BCUT2D eigenvalue weighted by Gasteiger charge is -2.15. The van der Waals surface area contributed by atoms with E-state index >= 15 is 0 Å². The summed E-state index contributed by atoms with van der Waals surface area (Å²) in [5, 5.41) is 0. The molecule has 0 spiro atoms. The fourth-order valence-corrected chi connectivity index (χ4v) is 3.83. The number of nitrogens with zero attached hydrogens (tertiary/aromatic N) is 1. The first-order valence-corrected chi connectivity index (χ1v) is 9.45. The molecule has 2 aromatic rings. The maximum atomic E-state index is 12.8. The number of carbonyl (C=O) groups excluding carboxylic acids is 2. The van der Waals surface area contributed by atoms with Crippen molar-refractivity contribution in [2.75, 3.05) is 18.6 Å². The highest BCUT2D eigenvalue weighted by atomic mass is 32.2. The Morgan fingerprint density at radius 2 is 1.81 bits per heavy atom. The molecular weight excluding hydrogens is 382 g/mol. The molecule has 1 amide bonds. The van der Waals surface area contributed by atoms with Gasteiger partial charge in [0.2, 0.25) is 0 Å². The molecule has 0 atom stereocenters. The number of benzene rings is 2. The van der Waals surface area contributed by atoms with E-state index in [1.165, 1.54) is 23.8 Å². The van der Waals surface area contributed by atoms with Gasteiger partial charge in [0.05, 0.1) is 29.9 Å². The number of hydrogen-bond donors (Lipinski definition) is 0. The van der Waals surface area contributed by atoms with Crippen molar-refractivity contribution < 1.29 is 19.1 Å². The molecule has 138 valence electrons. The SMILES string of the molecule is CCOc1ccc(N2C(=O)/C(=C/c3ccc(C(=O)OC)cc3)SC2=S)cc1. The van der Waals surface area contributed by atoms with Gasteiger partial charge >= 0.3 is 5.97 Å². The van der Waals surface area contributed by atoms with Crippen molar-refractivity contribution in [3.63, 3.8) is 0 Å². The smallest absolute Gasteiger partial charge is 0.337 e. The largest absolute Gasteiger partial charge is 0.494 e. The van der Waals surface area contributed by atoms with Crippen molar-refractivity contribution >= 4 is 51.9 Å². The van der Waals surface area contributed by atoms with Crippen molar-refractivity contribution in [1.29, 1.82) is 0 Å². The third kappa shape index (κ3) is 4.20. The zero-order chi connectivity index (χ0) is 19.4. The average Bonchev–Trinajstić information content (AvgIpc) is 2.96. The minimum Gasteiger partial charge on any atom is -0.494 e. The van der Waals surface area contributed by atoms with Crippen LogP contribution in [0.3, 0.4) is 0 Å². The molecule has 0 bridgehead atoms. The topological polar surface area (TPSA) is 55.8 Å². The number of hydrogen-bond acceptors (Lipinski definition) is 6. The quantitative estimate of drug-likeness (QED) is 0.425. The molecule has 0 unspecified atom stereocenters. The van der Waals surface area contributed by atoms with Gasteiger partial charge in [-0.05, 0) is 55.0 Å². The fourth-order valence-electron chi connectivity index (χ4n) is 2.53. The maximum absolute atomic E-state index is 12.8. The summed E-state index contributed by atoms with van der Waals surface area (Å²) in [6.07, 6.45) is 1.76. The number of carbonyl (C=O) groups is 2. The van der Waals surface area contributed by atoms with Gasteiger partial charge in [-0.2, -0.15) is 0 Å². The van der Waals surface area contributed by atoms with Crippen LogP contribution in [0.1, 0.15) is 22.8 Å². The Morgan fingerprint density at radius 3 is 2.41 bits per heavy atom. The van der Waals surface area contributed by atoms with Crippen LogP contribution < -0.4 is 9.64 Å². The first-order chi connectivity index (χ1) is 13.0. The van der Waals surface area contributed by atoms with E-state index in [0.717, 1.165) is 11.3 Å². The molecular formula is C20H17NO4S2. The zero-order valence-electron chi connectivity index (χ0n) is 14.8. The molecule has 3 rings (SSSR count). The Morgan fingerprint density at radius 1 is 1.15 bits per heavy atom. The van der Waals surface area contributed by atoms with E-state index in [9.17, 15) is 9.59 Å². The van der Waals surface area contributed by atoms with Crippen LogP contribution in [0.25, 0.3) is 6.08 Å². The van der Waals surface area contributed by atoms with Crippen LogP contribution >= 0.6 is 24.0 Å². The summed E-state index contributed by atoms with van der Waals surface area (Å²) < 4.78 is 10.6. The number of thiocarbonyl (C=S) groups is 1. The number of esters is 1. The van der Waals surface area contributed by atoms with Gasteiger partial charge in [0.1, 0.15) is 5.75 Å². The van der Waals surface area contributed by atoms with E-state index in [0.29, 0.717) is 27.1 Å². The molecule has 7 heteroatoms. The third-order valence-corrected chi connectivity index (χ3v) is 5.13.